The standard InChI is InChI=1S/C42H51N4O9P/c1-29(2)46(30(3)4)56(49,27-11-24-43)55-38-36(54-39(41(38)23-10-26-52-41)45-25-22-37(47)44-40(45)48)28-53-42(31-12-8-7-9-13-31,32-14-18-34(50-5)19-15-32)33-16-20-35(51-6)21-17-33/h7-9,12-22,25,29-30,36,38-39H,10-11,23,26-28H2,1-6H3,(H,44,47,48)/t36-,38-,39-,41+,56?/m1/s1. The topological polar surface area (TPSA) is 154 Å². The monoisotopic (exact) mass is 786 g/mol. The van der Waals surface area contributed by atoms with Crippen LogP contribution in [0.2, 0.25) is 0 Å². The zero-order chi connectivity index (χ0) is 40.1. The summed E-state index contributed by atoms with van der Waals surface area (Å²) in [6, 6.07) is 28.1. The average molecular weight is 787 g/mol. The van der Waals surface area contributed by atoms with Gasteiger partial charge in [0.2, 0.25) is 0 Å². The molecule has 0 saturated carbocycles. The predicted molar refractivity (Wildman–Crippen MR) is 211 cm³/mol. The van der Waals surface area contributed by atoms with E-state index >= 15 is 4.57 Å². The van der Waals surface area contributed by atoms with Gasteiger partial charge in [0.15, 0.2) is 6.23 Å². The van der Waals surface area contributed by atoms with E-state index in [0.717, 1.165) is 16.7 Å². The maximum atomic E-state index is 15.4. The van der Waals surface area contributed by atoms with E-state index in [9.17, 15) is 14.9 Å². The van der Waals surface area contributed by atoms with Crippen LogP contribution in [0.15, 0.2) is 101 Å². The summed E-state index contributed by atoms with van der Waals surface area (Å²) < 4.78 is 57.3. The molecule has 6 rings (SSSR count). The minimum absolute atomic E-state index is 0.00924. The number of methoxy groups -OCH3 is 2. The van der Waals surface area contributed by atoms with Gasteiger partial charge in [-0.25, -0.2) is 9.46 Å². The van der Waals surface area contributed by atoms with E-state index in [0.29, 0.717) is 30.9 Å². The summed E-state index contributed by atoms with van der Waals surface area (Å²) in [5, 5.41) is 9.72. The highest BCUT2D eigenvalue weighted by Gasteiger charge is 2.63. The fourth-order valence-electron chi connectivity index (χ4n) is 8.28. The molecule has 14 heteroatoms. The lowest BCUT2D eigenvalue weighted by Gasteiger charge is -2.42. The van der Waals surface area contributed by atoms with E-state index in [2.05, 4.69) is 11.1 Å². The molecule has 0 amide bonds. The van der Waals surface area contributed by atoms with Crippen LogP contribution in [0.4, 0.5) is 0 Å². The Labute approximate surface area is 327 Å². The number of benzene rings is 3. The van der Waals surface area contributed by atoms with E-state index in [4.69, 9.17) is 28.2 Å². The Morgan fingerprint density at radius 2 is 1.52 bits per heavy atom. The highest BCUT2D eigenvalue weighted by molar-refractivity contribution is 7.56. The molecule has 5 atom stereocenters. The Morgan fingerprint density at radius 3 is 2.02 bits per heavy atom. The van der Waals surface area contributed by atoms with E-state index in [1.807, 2.05) is 111 Å². The van der Waals surface area contributed by atoms with Crippen LogP contribution in [0, 0.1) is 11.3 Å². The van der Waals surface area contributed by atoms with Crippen LogP contribution in [-0.2, 0) is 28.9 Å². The van der Waals surface area contributed by atoms with Gasteiger partial charge in [0, 0.05) is 37.4 Å². The second-order valence-corrected chi connectivity index (χ2v) is 17.0. The maximum absolute atomic E-state index is 15.4. The molecule has 1 N–H and O–H groups in total. The van der Waals surface area contributed by atoms with Crippen LogP contribution in [-0.4, -0.2) is 77.7 Å². The van der Waals surface area contributed by atoms with Crippen LogP contribution in [0.25, 0.3) is 0 Å². The van der Waals surface area contributed by atoms with Crippen LogP contribution in [0.5, 0.6) is 11.5 Å². The summed E-state index contributed by atoms with van der Waals surface area (Å²) in [4.78, 5) is 28.0. The Kier molecular flexibility index (Phi) is 12.7. The average Bonchev–Trinajstić information content (AvgIpc) is 3.80. The van der Waals surface area contributed by atoms with Gasteiger partial charge in [-0.05, 0) is 81.5 Å². The highest BCUT2D eigenvalue weighted by atomic mass is 31.2. The third kappa shape index (κ3) is 7.87. The molecule has 298 valence electrons. The van der Waals surface area contributed by atoms with E-state index in [-0.39, 0.29) is 31.3 Å². The number of nitrogens with one attached hydrogen (secondary N) is 1. The third-order valence-electron chi connectivity index (χ3n) is 10.6. The number of ether oxygens (including phenoxy) is 5. The minimum Gasteiger partial charge on any atom is -0.497 e. The fourth-order valence-corrected chi connectivity index (χ4v) is 11.2. The van der Waals surface area contributed by atoms with Gasteiger partial charge in [0.25, 0.3) is 13.1 Å². The molecule has 56 heavy (non-hydrogen) atoms. The Hall–Kier alpha value is -4.54. The molecule has 3 aromatic carbocycles. The lowest BCUT2D eigenvalue weighted by Crippen LogP contribution is -2.51. The van der Waals surface area contributed by atoms with Crippen molar-refractivity contribution in [2.45, 2.75) is 88.7 Å². The molecule has 1 unspecified atom stereocenters. The van der Waals surface area contributed by atoms with Crippen LogP contribution < -0.4 is 20.7 Å². The number of H-pyrrole nitrogens is 1. The smallest absolute Gasteiger partial charge is 0.330 e. The molecule has 3 heterocycles. The first kappa shape index (κ1) is 41.1. The molecule has 1 spiro atoms. The molecule has 2 aliphatic rings. The van der Waals surface area contributed by atoms with E-state index < -0.39 is 48.4 Å². The van der Waals surface area contributed by atoms with Crippen molar-refractivity contribution in [1.29, 1.82) is 5.26 Å². The van der Waals surface area contributed by atoms with E-state index in [1.165, 1.54) is 16.8 Å². The molecule has 0 bridgehead atoms. The zero-order valence-electron chi connectivity index (χ0n) is 32.8. The molecular formula is C42H51N4O9P. The first-order valence-electron chi connectivity index (χ1n) is 18.9. The highest BCUT2D eigenvalue weighted by Crippen LogP contribution is 2.60. The molecule has 0 radical (unpaired) electrons. The van der Waals surface area contributed by atoms with Crippen molar-refractivity contribution < 1.29 is 32.8 Å². The number of aromatic amines is 1. The lowest BCUT2D eigenvalue weighted by molar-refractivity contribution is -0.122. The number of nitriles is 1. The van der Waals surface area contributed by atoms with Crippen molar-refractivity contribution >= 4 is 7.52 Å². The molecule has 1 aromatic heterocycles. The summed E-state index contributed by atoms with van der Waals surface area (Å²) in [6.45, 7) is 7.97. The van der Waals surface area contributed by atoms with Crippen molar-refractivity contribution in [3.05, 3.63) is 129 Å². The fraction of sp³-hybridized carbons (Fsp3) is 0.452. The summed E-state index contributed by atoms with van der Waals surface area (Å²) in [5.41, 5.74) is -1.41. The summed E-state index contributed by atoms with van der Waals surface area (Å²) in [6.07, 6.45) is -0.754. The minimum atomic E-state index is -3.80. The van der Waals surface area contributed by atoms with Crippen molar-refractivity contribution in [2.24, 2.45) is 0 Å². The van der Waals surface area contributed by atoms with Crippen molar-refractivity contribution in [1.82, 2.24) is 14.2 Å². The van der Waals surface area contributed by atoms with Crippen LogP contribution >= 0.6 is 7.52 Å². The van der Waals surface area contributed by atoms with Gasteiger partial charge in [0.1, 0.15) is 34.9 Å². The van der Waals surface area contributed by atoms with E-state index in [1.54, 1.807) is 14.2 Å². The summed E-state index contributed by atoms with van der Waals surface area (Å²) in [5.74, 6) is 1.33. The largest absolute Gasteiger partial charge is 0.497 e. The zero-order valence-corrected chi connectivity index (χ0v) is 33.6. The van der Waals surface area contributed by atoms with Gasteiger partial charge in [-0.3, -0.25) is 18.9 Å². The number of hydrogen-bond acceptors (Lipinski definition) is 10. The predicted octanol–water partition coefficient (Wildman–Crippen LogP) is 6.62. The summed E-state index contributed by atoms with van der Waals surface area (Å²) in [7, 11) is -0.579. The normalized spacial score (nSPS) is 22.1. The van der Waals surface area contributed by atoms with Gasteiger partial charge in [0.05, 0.1) is 33.1 Å². The summed E-state index contributed by atoms with van der Waals surface area (Å²) >= 11 is 0. The van der Waals surface area contributed by atoms with Gasteiger partial charge in [-0.1, -0.05) is 54.6 Å². The van der Waals surface area contributed by atoms with Gasteiger partial charge < -0.3 is 28.2 Å². The number of hydrogen-bond donors (Lipinski definition) is 1. The number of rotatable bonds is 16. The van der Waals surface area contributed by atoms with Gasteiger partial charge >= 0.3 is 5.69 Å². The molecule has 13 nitrogen and oxygen atoms in total. The number of aromatic nitrogens is 2. The van der Waals surface area contributed by atoms with Crippen LogP contribution in [0.3, 0.4) is 0 Å². The number of nitrogens with zero attached hydrogens (tertiary/aromatic N) is 3. The van der Waals surface area contributed by atoms with Crippen LogP contribution in [0.1, 0.15) is 69.9 Å². The third-order valence-corrected chi connectivity index (χ3v) is 13.5. The molecule has 0 aliphatic carbocycles. The Balaban J connectivity index is 1.53. The Bertz CT molecular complexity index is 2070. The van der Waals surface area contributed by atoms with Crippen molar-refractivity contribution in [3.63, 3.8) is 0 Å². The van der Waals surface area contributed by atoms with Crippen molar-refractivity contribution in [3.8, 4) is 17.6 Å². The molecule has 2 fully saturated rings. The lowest BCUT2D eigenvalue weighted by atomic mass is 9.80. The van der Waals surface area contributed by atoms with Gasteiger partial charge in [-0.15, -0.1) is 0 Å². The molecule has 2 aliphatic heterocycles. The second-order valence-electron chi connectivity index (χ2n) is 14.6. The Morgan fingerprint density at radius 1 is 0.929 bits per heavy atom. The first-order chi connectivity index (χ1) is 26.9. The second kappa shape index (κ2) is 17.3. The van der Waals surface area contributed by atoms with Gasteiger partial charge in [-0.2, -0.15) is 5.26 Å². The molecular weight excluding hydrogens is 735 g/mol. The first-order valence-corrected chi connectivity index (χ1v) is 20.7. The SMILES string of the molecule is COc1ccc(C(OC[C@H]2O[C@@H](n3ccc(=O)[nH]c3=O)[C@]3(CCCO3)[C@@H]2OP(=O)(CCC#N)N(C(C)C)C(C)C)(c2ccccc2)c2ccc(OC)cc2)cc1. The quantitative estimate of drug-likeness (QED) is 0.0963. The van der Waals surface area contributed by atoms with Crippen molar-refractivity contribution in [2.75, 3.05) is 33.6 Å². The molecule has 2 saturated heterocycles. The molecule has 4 aromatic rings. The maximum Gasteiger partial charge on any atom is 0.330 e.